The standard InChI is InChI=1S/C24H23FN6O/c25-20-5-1-3-17(13-20)10-12-31-16-21(29-30-31)7-9-24(32)28-23-14-18(6-8-22(23)26)19-4-2-11-27-15-19/h1-6,8,11,13-16H,7,9-10,12,26H2,(H,28,32). The third-order valence-electron chi connectivity index (χ3n) is 5.04. The molecule has 0 aliphatic rings. The molecule has 4 aromatic rings. The molecule has 2 aromatic heterocycles. The van der Waals surface area contributed by atoms with Gasteiger partial charge in [-0.1, -0.05) is 29.5 Å². The highest BCUT2D eigenvalue weighted by atomic mass is 19.1. The van der Waals surface area contributed by atoms with E-state index in [4.69, 9.17) is 5.73 Å². The van der Waals surface area contributed by atoms with Crippen LogP contribution in [0.2, 0.25) is 0 Å². The predicted molar refractivity (Wildman–Crippen MR) is 121 cm³/mol. The third kappa shape index (κ3) is 5.54. The summed E-state index contributed by atoms with van der Waals surface area (Å²) >= 11 is 0. The number of anilines is 2. The first-order valence-electron chi connectivity index (χ1n) is 10.3. The molecule has 162 valence electrons. The molecule has 0 radical (unpaired) electrons. The molecular weight excluding hydrogens is 407 g/mol. The fraction of sp³-hybridized carbons (Fsp3) is 0.167. The Morgan fingerprint density at radius 3 is 2.78 bits per heavy atom. The molecule has 1 amide bonds. The Kier molecular flexibility index (Phi) is 6.50. The van der Waals surface area contributed by atoms with E-state index in [1.165, 1.54) is 12.1 Å². The molecule has 2 aromatic carbocycles. The van der Waals surface area contributed by atoms with E-state index >= 15 is 0 Å². The van der Waals surface area contributed by atoms with Crippen molar-refractivity contribution in [1.29, 1.82) is 0 Å². The topological polar surface area (TPSA) is 98.7 Å². The Morgan fingerprint density at radius 1 is 1.06 bits per heavy atom. The minimum absolute atomic E-state index is 0.158. The number of halogens is 1. The lowest BCUT2D eigenvalue weighted by atomic mass is 10.1. The highest BCUT2D eigenvalue weighted by molar-refractivity contribution is 5.95. The minimum atomic E-state index is -0.251. The summed E-state index contributed by atoms with van der Waals surface area (Å²) in [5, 5.41) is 11.1. The monoisotopic (exact) mass is 430 g/mol. The van der Waals surface area contributed by atoms with Crippen LogP contribution in [0.3, 0.4) is 0 Å². The maximum atomic E-state index is 13.3. The van der Waals surface area contributed by atoms with Gasteiger partial charge in [0.25, 0.3) is 0 Å². The summed E-state index contributed by atoms with van der Waals surface area (Å²) in [6, 6.07) is 15.8. The molecule has 7 nitrogen and oxygen atoms in total. The van der Waals surface area contributed by atoms with E-state index in [-0.39, 0.29) is 18.1 Å². The molecule has 0 saturated carbocycles. The average Bonchev–Trinajstić information content (AvgIpc) is 3.26. The van der Waals surface area contributed by atoms with Crippen molar-refractivity contribution in [3.63, 3.8) is 0 Å². The first kappa shape index (κ1) is 21.2. The van der Waals surface area contributed by atoms with Crippen molar-refractivity contribution in [2.75, 3.05) is 11.1 Å². The molecule has 0 spiro atoms. The van der Waals surface area contributed by atoms with Gasteiger partial charge in [0.05, 0.1) is 17.1 Å². The predicted octanol–water partition coefficient (Wildman–Crippen LogP) is 3.88. The van der Waals surface area contributed by atoms with Crippen molar-refractivity contribution in [1.82, 2.24) is 20.0 Å². The van der Waals surface area contributed by atoms with E-state index in [1.807, 2.05) is 36.5 Å². The molecule has 0 fully saturated rings. The number of nitrogens with zero attached hydrogens (tertiary/aromatic N) is 4. The summed E-state index contributed by atoms with van der Waals surface area (Å²) in [5.74, 6) is -0.409. The van der Waals surface area contributed by atoms with Gasteiger partial charge in [0.15, 0.2) is 0 Å². The molecule has 32 heavy (non-hydrogen) atoms. The summed E-state index contributed by atoms with van der Waals surface area (Å²) in [5.41, 5.74) is 10.6. The van der Waals surface area contributed by atoms with Crippen LogP contribution in [0, 0.1) is 5.82 Å². The quantitative estimate of drug-likeness (QED) is 0.414. The third-order valence-corrected chi connectivity index (χ3v) is 5.04. The van der Waals surface area contributed by atoms with E-state index < -0.39 is 0 Å². The number of aromatic nitrogens is 4. The molecule has 2 heterocycles. The molecular formula is C24H23FN6O. The number of rotatable bonds is 8. The first-order chi connectivity index (χ1) is 15.6. The Morgan fingerprint density at radius 2 is 1.97 bits per heavy atom. The second kappa shape index (κ2) is 9.82. The summed E-state index contributed by atoms with van der Waals surface area (Å²) in [7, 11) is 0. The molecule has 0 saturated heterocycles. The summed E-state index contributed by atoms with van der Waals surface area (Å²) < 4.78 is 15.0. The number of carbonyl (C=O) groups is 1. The van der Waals surface area contributed by atoms with E-state index in [0.29, 0.717) is 30.8 Å². The lowest BCUT2D eigenvalue weighted by Crippen LogP contribution is -2.13. The van der Waals surface area contributed by atoms with Gasteiger partial charge in [-0.25, -0.2) is 4.39 Å². The highest BCUT2D eigenvalue weighted by Gasteiger charge is 2.10. The number of hydrogen-bond acceptors (Lipinski definition) is 5. The van der Waals surface area contributed by atoms with Crippen LogP contribution >= 0.6 is 0 Å². The van der Waals surface area contributed by atoms with Gasteiger partial charge in [-0.15, -0.1) is 5.10 Å². The van der Waals surface area contributed by atoms with Gasteiger partial charge < -0.3 is 11.1 Å². The zero-order valence-electron chi connectivity index (χ0n) is 17.4. The molecule has 3 N–H and O–H groups in total. The molecule has 0 bridgehead atoms. The van der Waals surface area contributed by atoms with Crippen LogP contribution in [0.15, 0.2) is 73.2 Å². The van der Waals surface area contributed by atoms with Crippen LogP contribution in [0.5, 0.6) is 0 Å². The van der Waals surface area contributed by atoms with Crippen molar-refractivity contribution in [3.05, 3.63) is 90.3 Å². The molecule has 0 aliphatic carbocycles. The van der Waals surface area contributed by atoms with Crippen LogP contribution in [-0.2, 0) is 24.2 Å². The number of carbonyl (C=O) groups excluding carboxylic acids is 1. The second-order valence-electron chi connectivity index (χ2n) is 7.44. The number of benzene rings is 2. The maximum absolute atomic E-state index is 13.3. The lowest BCUT2D eigenvalue weighted by molar-refractivity contribution is -0.116. The maximum Gasteiger partial charge on any atom is 0.224 e. The van der Waals surface area contributed by atoms with Crippen molar-refractivity contribution < 1.29 is 9.18 Å². The molecule has 0 atom stereocenters. The SMILES string of the molecule is Nc1ccc(-c2cccnc2)cc1NC(=O)CCc1cn(CCc2cccc(F)c2)nn1. The molecule has 8 heteroatoms. The number of hydrogen-bond donors (Lipinski definition) is 2. The van der Waals surface area contributed by atoms with E-state index in [0.717, 1.165) is 22.4 Å². The van der Waals surface area contributed by atoms with Crippen LogP contribution < -0.4 is 11.1 Å². The van der Waals surface area contributed by atoms with Gasteiger partial charge in [-0.3, -0.25) is 14.5 Å². The van der Waals surface area contributed by atoms with Crippen molar-refractivity contribution >= 4 is 17.3 Å². The van der Waals surface area contributed by atoms with Crippen molar-refractivity contribution in [2.45, 2.75) is 25.8 Å². The molecule has 4 rings (SSSR count). The number of nitrogen functional groups attached to an aromatic ring is 1. The van der Waals surface area contributed by atoms with E-state index in [9.17, 15) is 9.18 Å². The summed E-state index contributed by atoms with van der Waals surface area (Å²) in [6.07, 6.45) is 6.63. The average molecular weight is 430 g/mol. The fourth-order valence-electron chi connectivity index (χ4n) is 3.33. The van der Waals surface area contributed by atoms with Gasteiger partial charge in [-0.2, -0.15) is 0 Å². The van der Waals surface area contributed by atoms with Crippen LogP contribution in [0.1, 0.15) is 17.7 Å². The minimum Gasteiger partial charge on any atom is -0.397 e. The number of aryl methyl sites for hydroxylation is 3. The van der Waals surface area contributed by atoms with E-state index in [1.54, 1.807) is 29.2 Å². The van der Waals surface area contributed by atoms with Gasteiger partial charge in [0.2, 0.25) is 5.91 Å². The van der Waals surface area contributed by atoms with Crippen LogP contribution in [0.4, 0.5) is 15.8 Å². The second-order valence-corrected chi connectivity index (χ2v) is 7.44. The number of pyridine rings is 1. The largest absolute Gasteiger partial charge is 0.397 e. The Bertz CT molecular complexity index is 1210. The summed E-state index contributed by atoms with van der Waals surface area (Å²) in [6.45, 7) is 0.584. The normalized spacial score (nSPS) is 10.8. The Hall–Kier alpha value is -4.07. The Balaban J connectivity index is 1.31. The van der Waals surface area contributed by atoms with E-state index in [2.05, 4.69) is 20.6 Å². The first-order valence-corrected chi connectivity index (χ1v) is 10.3. The molecule has 0 aliphatic heterocycles. The fourth-order valence-corrected chi connectivity index (χ4v) is 3.33. The van der Waals surface area contributed by atoms with Gasteiger partial charge in [0, 0.05) is 43.5 Å². The van der Waals surface area contributed by atoms with Crippen molar-refractivity contribution in [2.24, 2.45) is 0 Å². The zero-order valence-corrected chi connectivity index (χ0v) is 17.4. The van der Waals surface area contributed by atoms with Crippen molar-refractivity contribution in [3.8, 4) is 11.1 Å². The van der Waals surface area contributed by atoms with Gasteiger partial charge in [-0.05, 0) is 47.9 Å². The smallest absolute Gasteiger partial charge is 0.224 e. The van der Waals surface area contributed by atoms with Crippen LogP contribution in [-0.4, -0.2) is 25.9 Å². The number of nitrogens with two attached hydrogens (primary N) is 1. The number of nitrogens with one attached hydrogen (secondary N) is 1. The Labute approximate surface area is 185 Å². The van der Waals surface area contributed by atoms with Gasteiger partial charge >= 0.3 is 0 Å². The summed E-state index contributed by atoms with van der Waals surface area (Å²) in [4.78, 5) is 16.6. The van der Waals surface area contributed by atoms with Crippen LogP contribution in [0.25, 0.3) is 11.1 Å². The highest BCUT2D eigenvalue weighted by Crippen LogP contribution is 2.27. The lowest BCUT2D eigenvalue weighted by Gasteiger charge is -2.10. The number of amides is 1. The zero-order chi connectivity index (χ0) is 22.3. The molecule has 0 unspecified atom stereocenters. The van der Waals surface area contributed by atoms with Gasteiger partial charge in [0.1, 0.15) is 5.82 Å².